The van der Waals surface area contributed by atoms with E-state index in [0.717, 1.165) is 5.57 Å². The number of carbonyl (C=O) groups is 1. The van der Waals surface area contributed by atoms with Crippen LogP contribution in [0.5, 0.6) is 0 Å². The summed E-state index contributed by atoms with van der Waals surface area (Å²) >= 11 is 0. The van der Waals surface area contributed by atoms with E-state index in [1.165, 1.54) is 18.2 Å². The molecule has 1 aliphatic heterocycles. The van der Waals surface area contributed by atoms with E-state index in [2.05, 4.69) is 0 Å². The van der Waals surface area contributed by atoms with Gasteiger partial charge in [0.15, 0.2) is 0 Å². The Kier molecular flexibility index (Phi) is 2.08. The molecule has 0 aliphatic carbocycles. The molecule has 0 amide bonds. The summed E-state index contributed by atoms with van der Waals surface area (Å²) in [7, 11) is 0. The lowest BCUT2D eigenvalue weighted by Crippen LogP contribution is -2.05. The lowest BCUT2D eigenvalue weighted by Gasteiger charge is -2.08. The first-order chi connectivity index (χ1) is 6.66. The van der Waals surface area contributed by atoms with Gasteiger partial charge in [0.05, 0.1) is 0 Å². The van der Waals surface area contributed by atoms with Gasteiger partial charge in [-0.2, -0.15) is 0 Å². The third-order valence-electron chi connectivity index (χ3n) is 2.16. The van der Waals surface area contributed by atoms with E-state index >= 15 is 0 Å². The Labute approximate surface area is 81.0 Å². The number of benzene rings is 1. The van der Waals surface area contributed by atoms with Gasteiger partial charge >= 0.3 is 5.97 Å². The molecule has 72 valence electrons. The highest BCUT2D eigenvalue weighted by Crippen LogP contribution is 2.25. The second-order valence-corrected chi connectivity index (χ2v) is 3.19. The number of hydrogen-bond acceptors (Lipinski definition) is 2. The number of cyclic esters (lactones) is 1. The summed E-state index contributed by atoms with van der Waals surface area (Å²) in [6, 6.07) is 6.13. The molecular weight excluding hydrogens is 183 g/mol. The molecule has 1 aromatic rings. The Morgan fingerprint density at radius 1 is 1.43 bits per heavy atom. The van der Waals surface area contributed by atoms with Crippen LogP contribution in [0.4, 0.5) is 4.39 Å². The number of ether oxygens (including phenoxy) is 1. The molecule has 2 nitrogen and oxygen atoms in total. The van der Waals surface area contributed by atoms with Crippen molar-refractivity contribution in [3.05, 3.63) is 41.7 Å². The molecule has 0 bridgehead atoms. The van der Waals surface area contributed by atoms with E-state index in [0.29, 0.717) is 5.56 Å². The summed E-state index contributed by atoms with van der Waals surface area (Å²) in [4.78, 5) is 10.9. The largest absolute Gasteiger partial charge is 0.455 e. The van der Waals surface area contributed by atoms with E-state index in [4.69, 9.17) is 4.74 Å². The molecular formula is C11H9FO2. The molecule has 1 aromatic carbocycles. The Morgan fingerprint density at radius 2 is 2.21 bits per heavy atom. The van der Waals surface area contributed by atoms with Crippen LogP contribution in [0.2, 0.25) is 0 Å². The first kappa shape index (κ1) is 8.94. The highest BCUT2D eigenvalue weighted by molar-refractivity contribution is 5.96. The SMILES string of the molecule is CC1OC(=O)C=C1c1cccc(F)c1. The van der Waals surface area contributed by atoms with Crippen LogP contribution < -0.4 is 0 Å². The van der Waals surface area contributed by atoms with E-state index in [-0.39, 0.29) is 17.9 Å². The quantitative estimate of drug-likeness (QED) is 0.637. The predicted molar refractivity (Wildman–Crippen MR) is 49.9 cm³/mol. The first-order valence-corrected chi connectivity index (χ1v) is 4.35. The molecule has 3 heteroatoms. The third-order valence-corrected chi connectivity index (χ3v) is 2.16. The van der Waals surface area contributed by atoms with Gasteiger partial charge in [-0.15, -0.1) is 0 Å². The Balaban J connectivity index is 2.40. The molecule has 1 unspecified atom stereocenters. The van der Waals surface area contributed by atoms with Gasteiger partial charge in [-0.05, 0) is 24.6 Å². The highest BCUT2D eigenvalue weighted by atomic mass is 19.1. The van der Waals surface area contributed by atoms with Crippen LogP contribution in [-0.2, 0) is 9.53 Å². The van der Waals surface area contributed by atoms with Crippen molar-refractivity contribution in [2.24, 2.45) is 0 Å². The molecule has 0 radical (unpaired) electrons. The minimum Gasteiger partial charge on any atom is -0.455 e. The molecule has 0 spiro atoms. The molecule has 0 aromatic heterocycles. The van der Waals surface area contributed by atoms with Crippen LogP contribution in [-0.4, -0.2) is 12.1 Å². The van der Waals surface area contributed by atoms with Gasteiger partial charge in [0.25, 0.3) is 0 Å². The summed E-state index contributed by atoms with van der Waals surface area (Å²) < 4.78 is 17.8. The summed E-state index contributed by atoms with van der Waals surface area (Å²) in [5, 5.41) is 0. The third kappa shape index (κ3) is 1.53. The van der Waals surface area contributed by atoms with Crippen LogP contribution >= 0.6 is 0 Å². The average molecular weight is 192 g/mol. The van der Waals surface area contributed by atoms with Gasteiger partial charge in [-0.1, -0.05) is 12.1 Å². The number of rotatable bonds is 1. The Hall–Kier alpha value is -1.64. The molecule has 1 atom stereocenters. The van der Waals surface area contributed by atoms with Gasteiger partial charge < -0.3 is 4.74 Å². The normalized spacial score (nSPS) is 20.6. The number of carbonyl (C=O) groups excluding carboxylic acids is 1. The van der Waals surface area contributed by atoms with Crippen LogP contribution in [0.1, 0.15) is 12.5 Å². The van der Waals surface area contributed by atoms with Crippen molar-refractivity contribution >= 4 is 11.5 Å². The molecule has 0 N–H and O–H groups in total. The minimum atomic E-state index is -0.364. The lowest BCUT2D eigenvalue weighted by molar-refractivity contribution is -0.137. The number of halogens is 1. The number of esters is 1. The van der Waals surface area contributed by atoms with Crippen molar-refractivity contribution in [2.45, 2.75) is 13.0 Å². The molecule has 0 saturated carbocycles. The second-order valence-electron chi connectivity index (χ2n) is 3.19. The van der Waals surface area contributed by atoms with Crippen molar-refractivity contribution in [1.29, 1.82) is 0 Å². The fourth-order valence-corrected chi connectivity index (χ4v) is 1.50. The van der Waals surface area contributed by atoms with Crippen molar-refractivity contribution in [1.82, 2.24) is 0 Å². The fourth-order valence-electron chi connectivity index (χ4n) is 1.50. The predicted octanol–water partition coefficient (Wildman–Crippen LogP) is 2.15. The highest BCUT2D eigenvalue weighted by Gasteiger charge is 2.22. The molecule has 2 rings (SSSR count). The van der Waals surface area contributed by atoms with Crippen LogP contribution in [0.3, 0.4) is 0 Å². The van der Waals surface area contributed by atoms with Crippen LogP contribution in [0, 0.1) is 5.82 Å². The van der Waals surface area contributed by atoms with E-state index < -0.39 is 0 Å². The Bertz CT molecular complexity index is 410. The second kappa shape index (κ2) is 3.25. The van der Waals surface area contributed by atoms with E-state index in [1.807, 2.05) is 0 Å². The topological polar surface area (TPSA) is 26.3 Å². The maximum atomic E-state index is 12.9. The van der Waals surface area contributed by atoms with Gasteiger partial charge in [0.2, 0.25) is 0 Å². The summed E-state index contributed by atoms with van der Waals surface area (Å²) in [5.74, 6) is -0.674. The van der Waals surface area contributed by atoms with Crippen molar-refractivity contribution in [3.63, 3.8) is 0 Å². The number of hydrogen-bond donors (Lipinski definition) is 0. The average Bonchev–Trinajstić information content (AvgIpc) is 2.45. The van der Waals surface area contributed by atoms with Crippen LogP contribution in [0.15, 0.2) is 30.3 Å². The molecule has 1 heterocycles. The standard InChI is InChI=1S/C11H9FO2/c1-7-10(6-11(13)14-7)8-3-2-4-9(12)5-8/h2-7H,1H3. The van der Waals surface area contributed by atoms with Gasteiger partial charge in [-0.25, -0.2) is 9.18 Å². The molecule has 0 fully saturated rings. The first-order valence-electron chi connectivity index (χ1n) is 4.35. The zero-order chi connectivity index (χ0) is 10.1. The van der Waals surface area contributed by atoms with Gasteiger partial charge in [0, 0.05) is 11.6 Å². The molecule has 14 heavy (non-hydrogen) atoms. The summed E-state index contributed by atoms with van der Waals surface area (Å²) in [6.45, 7) is 1.77. The zero-order valence-corrected chi connectivity index (χ0v) is 7.66. The monoisotopic (exact) mass is 192 g/mol. The van der Waals surface area contributed by atoms with E-state index in [9.17, 15) is 9.18 Å². The van der Waals surface area contributed by atoms with Crippen LogP contribution in [0.25, 0.3) is 5.57 Å². The zero-order valence-electron chi connectivity index (χ0n) is 7.66. The van der Waals surface area contributed by atoms with E-state index in [1.54, 1.807) is 19.1 Å². The summed E-state index contributed by atoms with van der Waals surface area (Å²) in [6.07, 6.45) is 1.11. The van der Waals surface area contributed by atoms with Crippen molar-refractivity contribution in [3.8, 4) is 0 Å². The minimum absolute atomic E-state index is 0.288. The fraction of sp³-hybridized carbons (Fsp3) is 0.182. The smallest absolute Gasteiger partial charge is 0.331 e. The molecule has 1 aliphatic rings. The molecule has 0 saturated heterocycles. The lowest BCUT2D eigenvalue weighted by atomic mass is 10.0. The van der Waals surface area contributed by atoms with Gasteiger partial charge in [0.1, 0.15) is 11.9 Å². The van der Waals surface area contributed by atoms with Gasteiger partial charge in [-0.3, -0.25) is 0 Å². The Morgan fingerprint density at radius 3 is 2.79 bits per heavy atom. The maximum Gasteiger partial charge on any atom is 0.331 e. The van der Waals surface area contributed by atoms with Crippen molar-refractivity contribution in [2.75, 3.05) is 0 Å². The maximum absolute atomic E-state index is 12.9. The van der Waals surface area contributed by atoms with Crippen molar-refractivity contribution < 1.29 is 13.9 Å². The summed E-state index contributed by atoms with van der Waals surface area (Å²) in [5.41, 5.74) is 1.43.